The van der Waals surface area contributed by atoms with Crippen LogP contribution in [0.4, 0.5) is 11.4 Å². The summed E-state index contributed by atoms with van der Waals surface area (Å²) < 4.78 is 0. The summed E-state index contributed by atoms with van der Waals surface area (Å²) in [6, 6.07) is 41.8. The van der Waals surface area contributed by atoms with Crippen molar-refractivity contribution in [1.29, 1.82) is 0 Å². The smallest absolute Gasteiger partial charge is 0.0320 e. The Hall–Kier alpha value is -4.30. The van der Waals surface area contributed by atoms with Crippen molar-refractivity contribution >= 4 is 11.4 Å². The maximum absolute atomic E-state index is 6.12. The number of anilines is 2. The van der Waals surface area contributed by atoms with Crippen LogP contribution in [0.2, 0.25) is 0 Å². The molecule has 0 amide bonds. The number of nitrogen functional groups attached to an aromatic ring is 2. The van der Waals surface area contributed by atoms with Crippen molar-refractivity contribution in [3.63, 3.8) is 0 Å². The van der Waals surface area contributed by atoms with Crippen molar-refractivity contribution in [3.8, 4) is 44.5 Å². The summed E-state index contributed by atoms with van der Waals surface area (Å²) in [5.74, 6) is 0. The van der Waals surface area contributed by atoms with E-state index >= 15 is 0 Å². The second kappa shape index (κ2) is 8.44. The molecular formula is C30H24N2. The summed E-state index contributed by atoms with van der Waals surface area (Å²) in [5, 5.41) is 0. The molecule has 0 saturated heterocycles. The molecule has 0 aliphatic rings. The first-order valence-corrected chi connectivity index (χ1v) is 10.7. The molecule has 4 N–H and O–H groups in total. The van der Waals surface area contributed by atoms with E-state index in [1.165, 1.54) is 27.8 Å². The largest absolute Gasteiger partial charge is 0.399 e. The van der Waals surface area contributed by atoms with Crippen LogP contribution in [0.5, 0.6) is 0 Å². The molecule has 5 rings (SSSR count). The van der Waals surface area contributed by atoms with Gasteiger partial charge in [-0.1, -0.05) is 84.9 Å². The van der Waals surface area contributed by atoms with Gasteiger partial charge in [-0.3, -0.25) is 0 Å². The van der Waals surface area contributed by atoms with E-state index in [4.69, 9.17) is 11.5 Å². The Bertz CT molecular complexity index is 1300. The SMILES string of the molecule is Nc1ccc(-c2c(-c3ccccc3)cc(-c3cccc(N)c3)cc2-c2ccccc2)cc1. The highest BCUT2D eigenvalue weighted by Gasteiger charge is 2.17. The van der Waals surface area contributed by atoms with Crippen molar-refractivity contribution in [2.24, 2.45) is 0 Å². The third-order valence-electron chi connectivity index (χ3n) is 5.73. The van der Waals surface area contributed by atoms with E-state index in [2.05, 4.69) is 78.9 Å². The van der Waals surface area contributed by atoms with Crippen LogP contribution < -0.4 is 11.5 Å². The van der Waals surface area contributed by atoms with Crippen molar-refractivity contribution in [3.05, 3.63) is 121 Å². The third kappa shape index (κ3) is 3.86. The van der Waals surface area contributed by atoms with E-state index in [9.17, 15) is 0 Å². The highest BCUT2D eigenvalue weighted by molar-refractivity contribution is 5.97. The molecule has 5 aromatic carbocycles. The first-order chi connectivity index (χ1) is 15.7. The minimum absolute atomic E-state index is 0.757. The average Bonchev–Trinajstić information content (AvgIpc) is 2.85. The lowest BCUT2D eigenvalue weighted by atomic mass is 9.84. The predicted octanol–water partition coefficient (Wildman–Crippen LogP) is 7.52. The molecule has 0 unspecified atom stereocenters. The van der Waals surface area contributed by atoms with Gasteiger partial charge in [0, 0.05) is 11.4 Å². The lowest BCUT2D eigenvalue weighted by Gasteiger charge is -2.19. The Morgan fingerprint density at radius 3 is 1.41 bits per heavy atom. The normalized spacial score (nSPS) is 10.8. The van der Waals surface area contributed by atoms with Gasteiger partial charge in [0.05, 0.1) is 0 Å². The number of benzene rings is 5. The molecule has 2 heteroatoms. The molecule has 0 bridgehead atoms. The average molecular weight is 413 g/mol. The van der Waals surface area contributed by atoms with Gasteiger partial charge in [0.1, 0.15) is 0 Å². The second-order valence-electron chi connectivity index (χ2n) is 7.93. The fraction of sp³-hybridized carbons (Fsp3) is 0. The Morgan fingerprint density at radius 1 is 0.344 bits per heavy atom. The standard InChI is InChI=1S/C30H24N2/c31-26-16-14-23(15-17-26)30-28(21-8-3-1-4-9-21)19-25(24-12-7-13-27(32)18-24)20-29(30)22-10-5-2-6-11-22/h1-20H,31-32H2. The zero-order valence-electron chi connectivity index (χ0n) is 17.7. The summed E-state index contributed by atoms with van der Waals surface area (Å²) in [5.41, 5.74) is 22.9. The third-order valence-corrected chi connectivity index (χ3v) is 5.73. The molecule has 0 radical (unpaired) electrons. The Balaban J connectivity index is 1.87. The fourth-order valence-corrected chi connectivity index (χ4v) is 4.18. The topological polar surface area (TPSA) is 52.0 Å². The molecule has 0 aromatic heterocycles. The lowest BCUT2D eigenvalue weighted by Crippen LogP contribution is -1.94. The molecule has 0 heterocycles. The van der Waals surface area contributed by atoms with Crippen LogP contribution in [0.3, 0.4) is 0 Å². The molecule has 0 fully saturated rings. The van der Waals surface area contributed by atoms with Crippen LogP contribution in [0.1, 0.15) is 0 Å². The number of rotatable bonds is 4. The number of hydrogen-bond donors (Lipinski definition) is 2. The Morgan fingerprint density at radius 2 is 0.875 bits per heavy atom. The van der Waals surface area contributed by atoms with Gasteiger partial charge in [-0.25, -0.2) is 0 Å². The van der Waals surface area contributed by atoms with Gasteiger partial charge < -0.3 is 11.5 Å². The summed E-state index contributed by atoms with van der Waals surface area (Å²) in [6.45, 7) is 0. The van der Waals surface area contributed by atoms with Gasteiger partial charge in [-0.2, -0.15) is 0 Å². The van der Waals surface area contributed by atoms with Gasteiger partial charge in [-0.05, 0) is 80.9 Å². The highest BCUT2D eigenvalue weighted by Crippen LogP contribution is 2.43. The van der Waals surface area contributed by atoms with Crippen LogP contribution in [0, 0.1) is 0 Å². The van der Waals surface area contributed by atoms with Crippen molar-refractivity contribution in [2.45, 2.75) is 0 Å². The van der Waals surface area contributed by atoms with E-state index in [-0.39, 0.29) is 0 Å². The van der Waals surface area contributed by atoms with Crippen LogP contribution in [0.15, 0.2) is 121 Å². The molecule has 0 saturated carbocycles. The van der Waals surface area contributed by atoms with Crippen molar-refractivity contribution in [2.75, 3.05) is 11.5 Å². The van der Waals surface area contributed by atoms with Gasteiger partial charge in [0.25, 0.3) is 0 Å². The Kier molecular flexibility index (Phi) is 5.19. The van der Waals surface area contributed by atoms with E-state index in [0.717, 1.165) is 28.1 Å². The molecule has 0 aliphatic heterocycles. The molecule has 154 valence electrons. The van der Waals surface area contributed by atoms with Crippen LogP contribution >= 0.6 is 0 Å². The molecule has 0 atom stereocenters. The molecular weight excluding hydrogens is 388 g/mol. The highest BCUT2D eigenvalue weighted by atomic mass is 14.5. The lowest BCUT2D eigenvalue weighted by molar-refractivity contribution is 1.54. The minimum Gasteiger partial charge on any atom is -0.399 e. The zero-order chi connectivity index (χ0) is 21.9. The zero-order valence-corrected chi connectivity index (χ0v) is 17.7. The van der Waals surface area contributed by atoms with Crippen molar-refractivity contribution in [1.82, 2.24) is 0 Å². The van der Waals surface area contributed by atoms with Gasteiger partial charge in [0.15, 0.2) is 0 Å². The van der Waals surface area contributed by atoms with Gasteiger partial charge >= 0.3 is 0 Å². The van der Waals surface area contributed by atoms with E-state index in [1.54, 1.807) is 0 Å². The van der Waals surface area contributed by atoms with E-state index in [1.807, 2.05) is 42.5 Å². The monoisotopic (exact) mass is 412 g/mol. The number of nitrogens with two attached hydrogens (primary N) is 2. The van der Waals surface area contributed by atoms with Crippen LogP contribution in [-0.4, -0.2) is 0 Å². The van der Waals surface area contributed by atoms with Crippen LogP contribution in [0.25, 0.3) is 44.5 Å². The molecule has 0 spiro atoms. The first-order valence-electron chi connectivity index (χ1n) is 10.7. The maximum atomic E-state index is 6.12. The summed E-state index contributed by atoms with van der Waals surface area (Å²) >= 11 is 0. The Labute approximate surface area is 188 Å². The van der Waals surface area contributed by atoms with Gasteiger partial charge in [-0.15, -0.1) is 0 Å². The van der Waals surface area contributed by atoms with Crippen molar-refractivity contribution < 1.29 is 0 Å². The predicted molar refractivity (Wildman–Crippen MR) is 137 cm³/mol. The van der Waals surface area contributed by atoms with Gasteiger partial charge in [0.2, 0.25) is 0 Å². The second-order valence-corrected chi connectivity index (χ2v) is 7.93. The molecule has 2 nitrogen and oxygen atoms in total. The number of hydrogen-bond acceptors (Lipinski definition) is 2. The minimum atomic E-state index is 0.757. The summed E-state index contributed by atoms with van der Waals surface area (Å²) in [7, 11) is 0. The quantitative estimate of drug-likeness (QED) is 0.300. The molecule has 32 heavy (non-hydrogen) atoms. The fourth-order valence-electron chi connectivity index (χ4n) is 4.18. The molecule has 5 aromatic rings. The summed E-state index contributed by atoms with van der Waals surface area (Å²) in [6.07, 6.45) is 0. The molecule has 0 aliphatic carbocycles. The maximum Gasteiger partial charge on any atom is 0.0320 e. The van der Waals surface area contributed by atoms with Crippen LogP contribution in [-0.2, 0) is 0 Å². The first kappa shape index (κ1) is 19.7. The van der Waals surface area contributed by atoms with E-state index < -0.39 is 0 Å². The van der Waals surface area contributed by atoms with E-state index in [0.29, 0.717) is 0 Å². The summed E-state index contributed by atoms with van der Waals surface area (Å²) in [4.78, 5) is 0.